The molecule has 0 atom stereocenters. The molecule has 0 aliphatic carbocycles. The van der Waals surface area contributed by atoms with E-state index in [1.165, 1.54) is 0 Å². The third-order valence-corrected chi connectivity index (χ3v) is 6.77. The number of fused-ring (bicyclic) bond motifs is 1. The van der Waals surface area contributed by atoms with Crippen molar-refractivity contribution in [1.29, 1.82) is 0 Å². The van der Waals surface area contributed by atoms with Gasteiger partial charge in [-0.1, -0.05) is 36.4 Å². The van der Waals surface area contributed by atoms with E-state index < -0.39 is 0 Å². The van der Waals surface area contributed by atoms with Crippen molar-refractivity contribution in [3.05, 3.63) is 65.2 Å². The Bertz CT molecular complexity index is 981. The molecule has 0 aromatic heterocycles. The van der Waals surface area contributed by atoms with Crippen LogP contribution in [0, 0.1) is 0 Å². The highest BCUT2D eigenvalue weighted by Gasteiger charge is 2.25. The summed E-state index contributed by atoms with van der Waals surface area (Å²) in [6.07, 6.45) is 3.81. The predicted octanol–water partition coefficient (Wildman–Crippen LogP) is 3.15. The van der Waals surface area contributed by atoms with Crippen LogP contribution in [-0.2, 0) is 17.9 Å². The first kappa shape index (κ1) is 25.2. The molecule has 1 N–H and O–H groups in total. The lowest BCUT2D eigenvalue weighted by molar-refractivity contribution is -0.122. The van der Waals surface area contributed by atoms with Crippen LogP contribution in [0.2, 0.25) is 0 Å². The Labute approximate surface area is 209 Å². The standard InChI is InChI=1S/C28H38N4O3/c1-30-15-9-16-32(18-17-30)28(34)24-12-8-13-26-25(24)21-31(20-23-10-4-2-5-11-23)22-27(33)29-14-6-3-7-19-35-26/h2,4-5,8,10-13H,3,6-7,9,14-22H2,1H3,(H,29,33). The third-order valence-electron chi connectivity index (χ3n) is 6.77. The maximum atomic E-state index is 13.7. The lowest BCUT2D eigenvalue weighted by atomic mass is 10.0. The van der Waals surface area contributed by atoms with Crippen molar-refractivity contribution in [2.24, 2.45) is 0 Å². The van der Waals surface area contributed by atoms with Crippen LogP contribution in [0.25, 0.3) is 0 Å². The van der Waals surface area contributed by atoms with E-state index in [9.17, 15) is 9.59 Å². The summed E-state index contributed by atoms with van der Waals surface area (Å²) in [5, 5.41) is 3.06. The first-order valence-corrected chi connectivity index (χ1v) is 12.9. The van der Waals surface area contributed by atoms with Gasteiger partial charge in [-0.05, 0) is 57.0 Å². The number of amides is 2. The SMILES string of the molecule is CN1CCCN(C(=O)c2cccc3c2CN(Cc2ccccc2)CC(=O)NCCCCCO3)CC1. The zero-order chi connectivity index (χ0) is 24.5. The Morgan fingerprint density at radius 3 is 2.63 bits per heavy atom. The van der Waals surface area contributed by atoms with Crippen molar-refractivity contribution in [3.8, 4) is 5.75 Å². The van der Waals surface area contributed by atoms with E-state index in [-0.39, 0.29) is 18.4 Å². The molecule has 2 heterocycles. The minimum atomic E-state index is 0.0157. The van der Waals surface area contributed by atoms with E-state index in [2.05, 4.69) is 34.3 Å². The maximum Gasteiger partial charge on any atom is 0.254 e. The van der Waals surface area contributed by atoms with Gasteiger partial charge in [0.15, 0.2) is 0 Å². The Kier molecular flexibility index (Phi) is 9.15. The van der Waals surface area contributed by atoms with Gasteiger partial charge in [0.05, 0.1) is 13.2 Å². The zero-order valence-corrected chi connectivity index (χ0v) is 20.9. The van der Waals surface area contributed by atoms with Crippen molar-refractivity contribution < 1.29 is 14.3 Å². The fourth-order valence-electron chi connectivity index (χ4n) is 4.79. The molecule has 7 heteroatoms. The van der Waals surface area contributed by atoms with Gasteiger partial charge in [0.2, 0.25) is 5.91 Å². The molecule has 0 spiro atoms. The average Bonchev–Trinajstić information content (AvgIpc) is 3.07. The Hall–Kier alpha value is -2.90. The van der Waals surface area contributed by atoms with Gasteiger partial charge in [0.25, 0.3) is 5.91 Å². The van der Waals surface area contributed by atoms with E-state index in [0.717, 1.165) is 68.7 Å². The summed E-state index contributed by atoms with van der Waals surface area (Å²) in [4.78, 5) is 32.9. The highest BCUT2D eigenvalue weighted by atomic mass is 16.5. The molecule has 35 heavy (non-hydrogen) atoms. The van der Waals surface area contributed by atoms with Crippen LogP contribution in [0.1, 0.15) is 47.2 Å². The molecule has 2 aromatic rings. The number of carbonyl (C=O) groups excluding carboxylic acids is 2. The lowest BCUT2D eigenvalue weighted by Gasteiger charge is -2.27. The van der Waals surface area contributed by atoms with Gasteiger partial charge in [-0.25, -0.2) is 0 Å². The molecular formula is C28H38N4O3. The second-order valence-corrected chi connectivity index (χ2v) is 9.62. The van der Waals surface area contributed by atoms with Crippen LogP contribution in [0.15, 0.2) is 48.5 Å². The molecule has 2 aromatic carbocycles. The van der Waals surface area contributed by atoms with E-state index >= 15 is 0 Å². The summed E-state index contributed by atoms with van der Waals surface area (Å²) in [5.74, 6) is 0.816. The van der Waals surface area contributed by atoms with Crippen LogP contribution >= 0.6 is 0 Å². The van der Waals surface area contributed by atoms with Crippen molar-refractivity contribution in [3.63, 3.8) is 0 Å². The number of hydrogen-bond donors (Lipinski definition) is 1. The van der Waals surface area contributed by atoms with Crippen molar-refractivity contribution in [2.75, 3.05) is 52.9 Å². The zero-order valence-electron chi connectivity index (χ0n) is 20.9. The fraction of sp³-hybridized carbons (Fsp3) is 0.500. The molecule has 0 bridgehead atoms. The number of rotatable bonds is 3. The first-order chi connectivity index (χ1) is 17.1. The van der Waals surface area contributed by atoms with E-state index in [4.69, 9.17) is 4.74 Å². The summed E-state index contributed by atoms with van der Waals surface area (Å²) in [6.45, 7) is 5.98. The van der Waals surface area contributed by atoms with Crippen molar-refractivity contribution in [1.82, 2.24) is 20.0 Å². The van der Waals surface area contributed by atoms with E-state index in [1.807, 2.05) is 41.3 Å². The molecule has 1 saturated heterocycles. The smallest absolute Gasteiger partial charge is 0.254 e. The van der Waals surface area contributed by atoms with Crippen LogP contribution < -0.4 is 10.1 Å². The van der Waals surface area contributed by atoms with Crippen molar-refractivity contribution >= 4 is 11.8 Å². The van der Waals surface area contributed by atoms with E-state index in [1.54, 1.807) is 0 Å². The Balaban J connectivity index is 1.65. The maximum absolute atomic E-state index is 13.7. The Morgan fingerprint density at radius 1 is 0.914 bits per heavy atom. The molecule has 1 fully saturated rings. The largest absolute Gasteiger partial charge is 0.493 e. The summed E-state index contributed by atoms with van der Waals surface area (Å²) >= 11 is 0. The van der Waals surface area contributed by atoms with E-state index in [0.29, 0.717) is 31.8 Å². The van der Waals surface area contributed by atoms with Gasteiger partial charge in [-0.15, -0.1) is 0 Å². The van der Waals surface area contributed by atoms with Crippen LogP contribution in [0.3, 0.4) is 0 Å². The molecule has 7 nitrogen and oxygen atoms in total. The molecule has 0 unspecified atom stereocenters. The average molecular weight is 479 g/mol. The molecule has 0 saturated carbocycles. The molecule has 2 aliphatic rings. The number of carbonyl (C=O) groups is 2. The molecule has 188 valence electrons. The van der Waals surface area contributed by atoms with Gasteiger partial charge in [-0.3, -0.25) is 14.5 Å². The fourth-order valence-corrected chi connectivity index (χ4v) is 4.79. The topological polar surface area (TPSA) is 65.1 Å². The van der Waals surface area contributed by atoms with Gasteiger partial charge in [0.1, 0.15) is 5.75 Å². The summed E-state index contributed by atoms with van der Waals surface area (Å²) in [5.41, 5.74) is 2.69. The van der Waals surface area contributed by atoms with Crippen molar-refractivity contribution in [2.45, 2.75) is 38.8 Å². The molecule has 2 aliphatic heterocycles. The van der Waals surface area contributed by atoms with Crippen LogP contribution in [-0.4, -0.2) is 79.4 Å². The van der Waals surface area contributed by atoms with Gasteiger partial charge in [-0.2, -0.15) is 0 Å². The second-order valence-electron chi connectivity index (χ2n) is 9.62. The van der Waals surface area contributed by atoms with Crippen LogP contribution in [0.5, 0.6) is 5.75 Å². The third kappa shape index (κ3) is 7.29. The Morgan fingerprint density at radius 2 is 1.77 bits per heavy atom. The quantitative estimate of drug-likeness (QED) is 0.734. The summed E-state index contributed by atoms with van der Waals surface area (Å²) < 4.78 is 6.24. The number of nitrogens with zero attached hydrogens (tertiary/aromatic N) is 3. The van der Waals surface area contributed by atoms with Gasteiger partial charge in [0, 0.05) is 50.4 Å². The number of nitrogens with one attached hydrogen (secondary N) is 1. The number of hydrogen-bond acceptors (Lipinski definition) is 5. The predicted molar refractivity (Wildman–Crippen MR) is 137 cm³/mol. The molecular weight excluding hydrogens is 440 g/mol. The highest BCUT2D eigenvalue weighted by molar-refractivity contribution is 5.96. The highest BCUT2D eigenvalue weighted by Crippen LogP contribution is 2.27. The number of likely N-dealkylation sites (N-methyl/N-ethyl adjacent to an activating group) is 1. The lowest BCUT2D eigenvalue weighted by Crippen LogP contribution is -2.38. The second kappa shape index (κ2) is 12.7. The summed E-state index contributed by atoms with van der Waals surface area (Å²) in [7, 11) is 2.10. The van der Waals surface area contributed by atoms with Gasteiger partial charge >= 0.3 is 0 Å². The first-order valence-electron chi connectivity index (χ1n) is 12.9. The minimum absolute atomic E-state index is 0.0157. The monoisotopic (exact) mass is 478 g/mol. The minimum Gasteiger partial charge on any atom is -0.493 e. The number of benzene rings is 2. The molecule has 0 radical (unpaired) electrons. The summed E-state index contributed by atoms with van der Waals surface area (Å²) in [6, 6.07) is 16.0. The molecule has 2 amide bonds. The van der Waals surface area contributed by atoms with Crippen LogP contribution in [0.4, 0.5) is 0 Å². The molecule has 4 rings (SSSR count). The normalized spacial score (nSPS) is 19.2. The van der Waals surface area contributed by atoms with Gasteiger partial charge < -0.3 is 19.9 Å². The number of ether oxygens (including phenoxy) is 1.